The summed E-state index contributed by atoms with van der Waals surface area (Å²) in [4.78, 5) is 0. The van der Waals surface area contributed by atoms with Crippen LogP contribution in [0.4, 0.5) is 0 Å². The van der Waals surface area contributed by atoms with Crippen molar-refractivity contribution < 1.29 is 0 Å². The molecule has 0 amide bonds. The third-order valence-electron chi connectivity index (χ3n) is 11.8. The zero-order valence-corrected chi connectivity index (χ0v) is 28.7. The lowest BCUT2D eigenvalue weighted by atomic mass is 9.63. The largest absolute Gasteiger partial charge is 0.335 e. The van der Waals surface area contributed by atoms with E-state index in [4.69, 9.17) is 0 Å². The molecule has 2 heterocycles. The van der Waals surface area contributed by atoms with Crippen molar-refractivity contribution in [2.45, 2.75) is 57.9 Å². The summed E-state index contributed by atoms with van der Waals surface area (Å²) in [6.45, 7) is 10.6. The number of rotatable bonds is 3. The van der Waals surface area contributed by atoms with Crippen LogP contribution < -0.4 is 0 Å². The van der Waals surface area contributed by atoms with E-state index in [0.29, 0.717) is 0 Å². The maximum absolute atomic E-state index is 2.60. The van der Waals surface area contributed by atoms with E-state index in [0.717, 1.165) is 6.54 Å². The van der Waals surface area contributed by atoms with Crippen LogP contribution >= 0.6 is 0 Å². The molecule has 10 rings (SSSR count). The smallest absolute Gasteiger partial charge is 0.0580 e. The van der Waals surface area contributed by atoms with Gasteiger partial charge in [0.1, 0.15) is 0 Å². The van der Waals surface area contributed by atoms with Crippen molar-refractivity contribution in [2.24, 2.45) is 0 Å². The van der Waals surface area contributed by atoms with Gasteiger partial charge in [0.15, 0.2) is 0 Å². The van der Waals surface area contributed by atoms with Crippen LogP contribution in [0.25, 0.3) is 70.8 Å². The van der Waals surface area contributed by atoms with Crippen LogP contribution in [0.1, 0.15) is 57.2 Å². The molecule has 0 saturated carbocycles. The molecule has 0 saturated heterocycles. The zero-order chi connectivity index (χ0) is 33.1. The van der Waals surface area contributed by atoms with Crippen molar-refractivity contribution in [1.29, 1.82) is 0 Å². The van der Waals surface area contributed by atoms with Gasteiger partial charge in [-0.3, -0.25) is 0 Å². The third kappa shape index (κ3) is 4.07. The van der Waals surface area contributed by atoms with Crippen LogP contribution in [0.15, 0.2) is 133 Å². The second kappa shape index (κ2) is 10.1. The summed E-state index contributed by atoms with van der Waals surface area (Å²) < 4.78 is 5.13. The number of aromatic nitrogens is 2. The van der Waals surface area contributed by atoms with Crippen LogP contribution in [-0.4, -0.2) is 9.13 Å². The van der Waals surface area contributed by atoms with Crippen molar-refractivity contribution in [3.63, 3.8) is 0 Å². The van der Waals surface area contributed by atoms with Crippen molar-refractivity contribution in [2.75, 3.05) is 0 Å². The molecule has 0 spiro atoms. The predicted molar refractivity (Wildman–Crippen MR) is 210 cm³/mol. The van der Waals surface area contributed by atoms with Gasteiger partial charge in [0, 0.05) is 39.2 Å². The second-order valence-electron chi connectivity index (χ2n) is 15.6. The molecule has 7 aromatic carbocycles. The Morgan fingerprint density at radius 2 is 1.00 bits per heavy atom. The van der Waals surface area contributed by atoms with Gasteiger partial charge in [-0.05, 0) is 92.9 Å². The Balaban J connectivity index is 1.43. The Morgan fingerprint density at radius 1 is 0.469 bits per heavy atom. The molecule has 49 heavy (non-hydrogen) atoms. The lowest BCUT2D eigenvalue weighted by Crippen LogP contribution is -2.33. The fraction of sp³-hybridized carbons (Fsp3) is 0.191. The number of hydrogen-bond donors (Lipinski definition) is 0. The molecule has 2 nitrogen and oxygen atoms in total. The molecule has 0 radical (unpaired) electrons. The summed E-state index contributed by atoms with van der Waals surface area (Å²) in [5.41, 5.74) is 10.9. The summed E-state index contributed by atoms with van der Waals surface area (Å²) >= 11 is 0. The Labute approximate surface area is 287 Å². The van der Waals surface area contributed by atoms with Gasteiger partial charge in [-0.25, -0.2) is 0 Å². The molecule has 0 unspecified atom stereocenters. The van der Waals surface area contributed by atoms with Gasteiger partial charge < -0.3 is 9.13 Å². The summed E-state index contributed by atoms with van der Waals surface area (Å²) in [5, 5.41) is 10.6. The van der Waals surface area contributed by atoms with E-state index >= 15 is 0 Å². The highest BCUT2D eigenvalue weighted by atomic mass is 15.0. The Hall–Kier alpha value is -5.34. The molecular formula is C47H40N2. The van der Waals surface area contributed by atoms with E-state index in [1.807, 2.05) is 0 Å². The van der Waals surface area contributed by atoms with Gasteiger partial charge in [0.25, 0.3) is 0 Å². The summed E-state index contributed by atoms with van der Waals surface area (Å²) in [7, 11) is 0. The van der Waals surface area contributed by atoms with Gasteiger partial charge in [-0.15, -0.1) is 0 Å². The van der Waals surface area contributed by atoms with E-state index in [9.17, 15) is 0 Å². The van der Waals surface area contributed by atoms with E-state index < -0.39 is 0 Å². The first-order valence-electron chi connectivity index (χ1n) is 17.8. The quantitative estimate of drug-likeness (QED) is 0.172. The first-order chi connectivity index (χ1) is 23.8. The number of nitrogens with zero attached hydrogens (tertiary/aromatic N) is 2. The average molecular weight is 633 g/mol. The normalized spacial score (nSPS) is 15.6. The fourth-order valence-corrected chi connectivity index (χ4v) is 9.12. The van der Waals surface area contributed by atoms with E-state index in [1.54, 1.807) is 0 Å². The zero-order valence-electron chi connectivity index (χ0n) is 28.7. The van der Waals surface area contributed by atoms with E-state index in [2.05, 4.69) is 170 Å². The Kier molecular flexibility index (Phi) is 5.90. The van der Waals surface area contributed by atoms with E-state index in [-0.39, 0.29) is 10.8 Å². The number of para-hydroxylation sites is 1. The van der Waals surface area contributed by atoms with Gasteiger partial charge >= 0.3 is 0 Å². The summed E-state index contributed by atoms with van der Waals surface area (Å²) in [6.07, 6.45) is 2.40. The fourth-order valence-electron chi connectivity index (χ4n) is 9.12. The Morgan fingerprint density at radius 3 is 1.69 bits per heavy atom. The molecule has 2 heteroatoms. The average Bonchev–Trinajstić information content (AvgIpc) is 3.61. The molecule has 0 aliphatic heterocycles. The maximum Gasteiger partial charge on any atom is 0.0580 e. The molecular weight excluding hydrogens is 593 g/mol. The van der Waals surface area contributed by atoms with Gasteiger partial charge in [-0.2, -0.15) is 0 Å². The summed E-state index contributed by atoms with van der Waals surface area (Å²) in [6, 6.07) is 50.1. The van der Waals surface area contributed by atoms with Crippen LogP contribution in [0.5, 0.6) is 0 Å². The van der Waals surface area contributed by atoms with Crippen LogP contribution in [0, 0.1) is 0 Å². The highest BCUT2D eigenvalue weighted by Crippen LogP contribution is 2.50. The molecule has 0 bridgehead atoms. The van der Waals surface area contributed by atoms with E-state index in [1.165, 1.54) is 100 Å². The monoisotopic (exact) mass is 632 g/mol. The molecule has 1 aliphatic carbocycles. The minimum Gasteiger partial charge on any atom is -0.335 e. The molecule has 9 aromatic rings. The lowest BCUT2D eigenvalue weighted by molar-refractivity contribution is 0.332. The van der Waals surface area contributed by atoms with Gasteiger partial charge in [0.05, 0.1) is 22.1 Å². The molecule has 0 N–H and O–H groups in total. The Bertz CT molecular complexity index is 2770. The summed E-state index contributed by atoms with van der Waals surface area (Å²) in [5.74, 6) is 0. The molecule has 2 aromatic heterocycles. The standard InChI is InChI=1S/C47H40N2/c1-46(2)23-24-47(3,4)40-27-42-37(26-39(40)46)36-25-38-41(28-43(36)49(42)31-17-9-6-10-18-31)48(29-30-15-7-5-8-16-30)45-35-22-14-12-20-33(35)32-19-11-13-21-34(32)44(38)45/h5-22,25-28H,23-24,29H2,1-4H3. The molecule has 0 fully saturated rings. The highest BCUT2D eigenvalue weighted by molar-refractivity contribution is 6.33. The van der Waals surface area contributed by atoms with Crippen molar-refractivity contribution in [1.82, 2.24) is 9.13 Å². The first kappa shape index (κ1) is 28.7. The topological polar surface area (TPSA) is 9.86 Å². The van der Waals surface area contributed by atoms with Crippen LogP contribution in [-0.2, 0) is 17.4 Å². The minimum atomic E-state index is 0.129. The van der Waals surface area contributed by atoms with Gasteiger partial charge in [-0.1, -0.05) is 125 Å². The van der Waals surface area contributed by atoms with Crippen molar-refractivity contribution >= 4 is 65.2 Å². The van der Waals surface area contributed by atoms with Crippen LogP contribution in [0.3, 0.4) is 0 Å². The number of hydrogen-bond acceptors (Lipinski definition) is 0. The highest BCUT2D eigenvalue weighted by Gasteiger charge is 2.38. The maximum atomic E-state index is 2.60. The second-order valence-corrected chi connectivity index (χ2v) is 15.6. The third-order valence-corrected chi connectivity index (χ3v) is 11.8. The molecule has 1 aliphatic rings. The minimum absolute atomic E-state index is 0.129. The van der Waals surface area contributed by atoms with Crippen molar-refractivity contribution in [3.8, 4) is 5.69 Å². The molecule has 238 valence electrons. The number of benzene rings is 7. The molecule has 0 atom stereocenters. The van der Waals surface area contributed by atoms with Gasteiger partial charge in [0.2, 0.25) is 0 Å². The van der Waals surface area contributed by atoms with Crippen molar-refractivity contribution in [3.05, 3.63) is 150 Å². The first-order valence-corrected chi connectivity index (χ1v) is 17.8. The SMILES string of the molecule is CC1(C)CCC(C)(C)c2cc3c(cc21)c1cc2c4c5ccccc5c5ccccc5c4n(Cc4ccccc4)c2cc1n3-c1ccccc1. The van der Waals surface area contributed by atoms with Crippen LogP contribution in [0.2, 0.25) is 0 Å². The lowest BCUT2D eigenvalue weighted by Gasteiger charge is -2.42. The predicted octanol–water partition coefficient (Wildman–Crippen LogP) is 12.6. The number of fused-ring (bicyclic) bond motifs is 12.